The lowest BCUT2D eigenvalue weighted by molar-refractivity contribution is 0.404. The summed E-state index contributed by atoms with van der Waals surface area (Å²) in [6.07, 6.45) is 5.42. The fourth-order valence-corrected chi connectivity index (χ4v) is 5.35. The third-order valence-electron chi connectivity index (χ3n) is 6.94. The second-order valence-electron chi connectivity index (χ2n) is 9.77. The van der Waals surface area contributed by atoms with Gasteiger partial charge in [-0.2, -0.15) is 10.4 Å². The van der Waals surface area contributed by atoms with E-state index in [0.717, 1.165) is 18.2 Å². The van der Waals surface area contributed by atoms with Crippen LogP contribution in [0, 0.1) is 23.0 Å². The zero-order chi connectivity index (χ0) is 29.9. The Hall–Kier alpha value is -4.63. The molecule has 5 rings (SSSR count). The van der Waals surface area contributed by atoms with Gasteiger partial charge in [-0.1, -0.05) is 13.0 Å². The summed E-state index contributed by atoms with van der Waals surface area (Å²) in [5.74, 6) is -1.13. The van der Waals surface area contributed by atoms with E-state index in [4.69, 9.17) is 4.98 Å². The smallest absolute Gasteiger partial charge is 0.231 e. The van der Waals surface area contributed by atoms with Crippen LogP contribution < -0.4 is 4.72 Å². The maximum atomic E-state index is 14.5. The molecule has 0 bridgehead atoms. The van der Waals surface area contributed by atoms with Crippen LogP contribution in [0.2, 0.25) is 0 Å². The summed E-state index contributed by atoms with van der Waals surface area (Å²) in [6, 6.07) is 10.6. The molecule has 3 aromatic heterocycles. The number of anilines is 1. The Morgan fingerprint density at radius 1 is 1.15 bits per heavy atom. The normalized spacial score (nSPS) is 17.9. The number of nitriles is 1. The molecule has 0 amide bonds. The minimum atomic E-state index is -3.62. The van der Waals surface area contributed by atoms with Gasteiger partial charge >= 0.3 is 0 Å². The van der Waals surface area contributed by atoms with Crippen LogP contribution in [-0.4, -0.2) is 39.8 Å². The number of pyridine rings is 1. The van der Waals surface area contributed by atoms with Crippen LogP contribution in [0.25, 0.3) is 22.6 Å². The van der Waals surface area contributed by atoms with Crippen molar-refractivity contribution >= 4 is 15.8 Å². The Morgan fingerprint density at radius 3 is 2.51 bits per heavy atom. The second kappa shape index (κ2) is 11.5. The van der Waals surface area contributed by atoms with E-state index in [-0.39, 0.29) is 30.0 Å². The Labute approximate surface area is 238 Å². The fourth-order valence-electron chi connectivity index (χ4n) is 4.84. The fraction of sp³-hybridized carbons (Fsp3) is 0.241. The zero-order valence-electron chi connectivity index (χ0n) is 22.7. The van der Waals surface area contributed by atoms with Crippen molar-refractivity contribution in [3.05, 3.63) is 96.1 Å². The number of hydrogen-bond donors (Lipinski definition) is 1. The van der Waals surface area contributed by atoms with E-state index in [1.54, 1.807) is 18.3 Å². The molecule has 41 heavy (non-hydrogen) atoms. The summed E-state index contributed by atoms with van der Waals surface area (Å²) in [7, 11) is -3.62. The first kappa shape index (κ1) is 29.4. The van der Waals surface area contributed by atoms with Gasteiger partial charge in [-0.05, 0) is 61.6 Å². The van der Waals surface area contributed by atoms with Crippen LogP contribution in [-0.2, 0) is 15.4 Å². The summed E-state index contributed by atoms with van der Waals surface area (Å²) >= 11 is 0. The van der Waals surface area contributed by atoms with Crippen molar-refractivity contribution in [3.8, 4) is 28.7 Å². The molecule has 0 saturated heterocycles. The Kier molecular flexibility index (Phi) is 8.21. The highest BCUT2D eigenvalue weighted by molar-refractivity contribution is 7.92. The van der Waals surface area contributed by atoms with Gasteiger partial charge in [-0.3, -0.25) is 4.72 Å². The number of nitrogens with zero attached hydrogens (tertiary/aromatic N) is 6. The topological polar surface area (TPSA) is 134 Å². The molecular weight excluding hydrogens is 548 g/mol. The highest BCUT2D eigenvalue weighted by atomic mass is 32.2. The molecule has 1 aliphatic rings. The monoisotopic (exact) mass is 577 g/mol. The lowest BCUT2D eigenvalue weighted by Crippen LogP contribution is -2.33. The number of hydrogen-bond acceptors (Lipinski definition) is 8. The minimum Gasteiger partial charge on any atom is -0.266 e. The van der Waals surface area contributed by atoms with Gasteiger partial charge in [0, 0.05) is 19.4 Å². The predicted octanol–water partition coefficient (Wildman–Crippen LogP) is 5.77. The SMILES string of the molecule is C=C.C[C@H]1CC[C@](C)(c2ccnc(-c3cnc(NS(C)(=O)=O)c(C#N)c3)n2)c2nnc(-c3c(F)cccc3F)cc21.[HH]. The number of halogens is 2. The van der Waals surface area contributed by atoms with E-state index in [1.807, 2.05) is 19.9 Å². The molecule has 12 heteroatoms. The number of nitrogens with one attached hydrogen (secondary N) is 1. The quantitative estimate of drug-likeness (QED) is 0.296. The van der Waals surface area contributed by atoms with Crippen LogP contribution in [0.4, 0.5) is 14.6 Å². The summed E-state index contributed by atoms with van der Waals surface area (Å²) in [6.45, 7) is 10.0. The maximum Gasteiger partial charge on any atom is 0.231 e. The van der Waals surface area contributed by atoms with Gasteiger partial charge in [-0.15, -0.1) is 18.3 Å². The van der Waals surface area contributed by atoms with E-state index < -0.39 is 27.1 Å². The first-order valence-corrected chi connectivity index (χ1v) is 14.4. The molecule has 1 aromatic carbocycles. The van der Waals surface area contributed by atoms with Crippen molar-refractivity contribution in [3.63, 3.8) is 0 Å². The largest absolute Gasteiger partial charge is 0.266 e. The molecule has 0 aliphatic heterocycles. The summed E-state index contributed by atoms with van der Waals surface area (Å²) in [5, 5.41) is 18.2. The van der Waals surface area contributed by atoms with Crippen molar-refractivity contribution in [2.24, 2.45) is 0 Å². The Bertz CT molecular complexity index is 1760. The van der Waals surface area contributed by atoms with E-state index in [9.17, 15) is 22.5 Å². The molecule has 0 saturated carbocycles. The van der Waals surface area contributed by atoms with E-state index in [0.29, 0.717) is 29.2 Å². The minimum absolute atomic E-state index is 0. The number of sulfonamides is 1. The van der Waals surface area contributed by atoms with Gasteiger partial charge in [0.25, 0.3) is 0 Å². The van der Waals surface area contributed by atoms with Crippen molar-refractivity contribution in [1.82, 2.24) is 25.1 Å². The standard InChI is InChI=1S/C27H23F2N7O2S.C2H4.H2/c1-15-7-9-27(2,24-18(15)12-21(34-35-24)23-19(28)5-4-6-20(23)29)22-8-10-31-25(33-22)17-11-16(13-30)26(32-14-17)36-39(3,37)38;1-2;/h4-6,8,10-12,14-15H,7,9H2,1-3H3,(H,32,36);1-2H2;1H/t15-,27+;;/m0../s1. The maximum absolute atomic E-state index is 14.5. The summed E-state index contributed by atoms with van der Waals surface area (Å²) < 4.78 is 54.4. The van der Waals surface area contributed by atoms with Crippen LogP contribution in [0.1, 0.15) is 56.5 Å². The van der Waals surface area contributed by atoms with E-state index in [1.165, 1.54) is 30.5 Å². The van der Waals surface area contributed by atoms with Gasteiger partial charge in [0.15, 0.2) is 11.6 Å². The van der Waals surface area contributed by atoms with Gasteiger partial charge in [-0.25, -0.2) is 32.2 Å². The molecule has 0 fully saturated rings. The molecule has 1 N–H and O–H groups in total. The molecule has 0 radical (unpaired) electrons. The van der Waals surface area contributed by atoms with Gasteiger partial charge in [0.2, 0.25) is 10.0 Å². The van der Waals surface area contributed by atoms with E-state index >= 15 is 0 Å². The number of benzene rings is 1. The van der Waals surface area contributed by atoms with Crippen molar-refractivity contribution < 1.29 is 18.6 Å². The van der Waals surface area contributed by atoms with Crippen molar-refractivity contribution in [1.29, 1.82) is 5.26 Å². The number of rotatable bonds is 5. The molecule has 4 aromatic rings. The van der Waals surface area contributed by atoms with Crippen LogP contribution in [0.5, 0.6) is 0 Å². The van der Waals surface area contributed by atoms with E-state index in [2.05, 4.69) is 38.0 Å². The average Bonchev–Trinajstić information content (AvgIpc) is 2.95. The first-order chi connectivity index (χ1) is 19.5. The Morgan fingerprint density at radius 2 is 1.85 bits per heavy atom. The number of aromatic nitrogens is 5. The molecule has 1 aliphatic carbocycles. The third-order valence-corrected chi connectivity index (χ3v) is 7.51. The average molecular weight is 578 g/mol. The lowest BCUT2D eigenvalue weighted by Gasteiger charge is -2.36. The second-order valence-corrected chi connectivity index (χ2v) is 11.5. The molecule has 0 unspecified atom stereocenters. The lowest BCUT2D eigenvalue weighted by atomic mass is 9.69. The highest BCUT2D eigenvalue weighted by Gasteiger charge is 2.40. The molecule has 212 valence electrons. The summed E-state index contributed by atoms with van der Waals surface area (Å²) in [5.41, 5.74) is 1.83. The van der Waals surface area contributed by atoms with Gasteiger partial charge in [0.05, 0.1) is 39.9 Å². The van der Waals surface area contributed by atoms with Crippen LogP contribution >= 0.6 is 0 Å². The first-order valence-electron chi connectivity index (χ1n) is 12.5. The molecule has 9 nitrogen and oxygen atoms in total. The van der Waals surface area contributed by atoms with Crippen LogP contribution in [0.15, 0.2) is 61.9 Å². The van der Waals surface area contributed by atoms with Gasteiger partial charge in [0.1, 0.15) is 17.7 Å². The van der Waals surface area contributed by atoms with Gasteiger partial charge < -0.3 is 0 Å². The highest BCUT2D eigenvalue weighted by Crippen LogP contribution is 2.46. The zero-order valence-corrected chi connectivity index (χ0v) is 23.5. The summed E-state index contributed by atoms with van der Waals surface area (Å²) in [4.78, 5) is 13.2. The molecule has 3 heterocycles. The Balaban J connectivity index is 0.00000158. The van der Waals surface area contributed by atoms with Crippen LogP contribution in [0.3, 0.4) is 0 Å². The third kappa shape index (κ3) is 5.81. The molecule has 2 atom stereocenters. The molecule has 0 spiro atoms. The predicted molar refractivity (Wildman–Crippen MR) is 153 cm³/mol. The van der Waals surface area contributed by atoms with Crippen molar-refractivity contribution in [2.45, 2.75) is 38.0 Å². The van der Waals surface area contributed by atoms with Crippen molar-refractivity contribution in [2.75, 3.05) is 11.0 Å². The molecular formula is C29H29F2N7O2S. The number of fused-ring (bicyclic) bond motifs is 1.